The molecule has 4 nitrogen and oxygen atoms in total. The quantitative estimate of drug-likeness (QED) is 0.590. The Balaban J connectivity index is 1.38. The van der Waals surface area contributed by atoms with Crippen LogP contribution < -0.4 is 0 Å². The van der Waals surface area contributed by atoms with E-state index in [0.717, 1.165) is 11.1 Å². The zero-order chi connectivity index (χ0) is 18.8. The van der Waals surface area contributed by atoms with E-state index in [1.807, 2.05) is 23.1 Å². The van der Waals surface area contributed by atoms with Gasteiger partial charge in [-0.25, -0.2) is 0 Å². The van der Waals surface area contributed by atoms with Gasteiger partial charge < -0.3 is 14.4 Å². The zero-order valence-electron chi connectivity index (χ0n) is 14.3. The molecule has 1 amide bonds. The second-order valence-electron chi connectivity index (χ2n) is 7.19. The number of fused-ring (bicyclic) bond motifs is 4. The monoisotopic (exact) mass is 423 g/mol. The van der Waals surface area contributed by atoms with E-state index in [9.17, 15) is 4.79 Å². The number of epoxide rings is 1. The number of rotatable bonds is 1. The van der Waals surface area contributed by atoms with E-state index in [1.165, 1.54) is 0 Å². The highest BCUT2D eigenvalue weighted by molar-refractivity contribution is 6.42. The Morgan fingerprint density at radius 2 is 1.81 bits per heavy atom. The molecule has 0 aliphatic carbocycles. The molecular weight excluding hydrogens is 409 g/mol. The van der Waals surface area contributed by atoms with Crippen molar-refractivity contribution in [2.45, 2.75) is 30.8 Å². The minimum absolute atomic E-state index is 0.0127. The highest BCUT2D eigenvalue weighted by Crippen LogP contribution is 2.55. The second kappa shape index (κ2) is 6.36. The molecule has 5 rings (SSSR count). The Kier molecular flexibility index (Phi) is 4.19. The van der Waals surface area contributed by atoms with Crippen LogP contribution in [0.2, 0.25) is 15.1 Å². The maximum Gasteiger partial charge on any atom is 0.253 e. The van der Waals surface area contributed by atoms with Crippen LogP contribution >= 0.6 is 34.8 Å². The van der Waals surface area contributed by atoms with Gasteiger partial charge in [-0.3, -0.25) is 4.79 Å². The van der Waals surface area contributed by atoms with Crippen LogP contribution in [0.25, 0.3) is 0 Å². The van der Waals surface area contributed by atoms with E-state index in [2.05, 4.69) is 0 Å². The first-order valence-electron chi connectivity index (χ1n) is 8.84. The molecule has 0 saturated carbocycles. The Morgan fingerprint density at radius 3 is 2.56 bits per heavy atom. The standard InChI is InChI=1S/C20H16Cl3NO3/c21-12-2-3-13-14(10-12)20(27-19-17(13)26-19)5-7-24(8-6-20)18(25)11-1-4-15(22)16(23)9-11/h1-4,9-10,17,19H,5-8H2. The fraction of sp³-hybridized carbons (Fsp3) is 0.350. The van der Waals surface area contributed by atoms with Crippen molar-refractivity contribution in [1.82, 2.24) is 4.90 Å². The summed E-state index contributed by atoms with van der Waals surface area (Å²) in [6.07, 6.45) is 1.22. The number of nitrogens with zero attached hydrogens (tertiary/aromatic N) is 1. The van der Waals surface area contributed by atoms with Crippen molar-refractivity contribution in [3.8, 4) is 0 Å². The van der Waals surface area contributed by atoms with E-state index in [-0.39, 0.29) is 18.3 Å². The van der Waals surface area contributed by atoms with Crippen LogP contribution in [0.4, 0.5) is 0 Å². The minimum Gasteiger partial charge on any atom is -0.338 e. The van der Waals surface area contributed by atoms with Crippen molar-refractivity contribution in [3.63, 3.8) is 0 Å². The highest BCUT2D eigenvalue weighted by Gasteiger charge is 2.56. The van der Waals surface area contributed by atoms with Crippen LogP contribution in [-0.4, -0.2) is 30.2 Å². The number of amides is 1. The maximum atomic E-state index is 12.8. The predicted molar refractivity (Wildman–Crippen MR) is 103 cm³/mol. The topological polar surface area (TPSA) is 42.1 Å². The molecule has 3 aliphatic heterocycles. The third-order valence-electron chi connectivity index (χ3n) is 5.63. The normalized spacial score (nSPS) is 25.1. The number of benzene rings is 2. The van der Waals surface area contributed by atoms with Gasteiger partial charge in [0.25, 0.3) is 5.91 Å². The van der Waals surface area contributed by atoms with E-state index in [0.29, 0.717) is 46.6 Å². The summed E-state index contributed by atoms with van der Waals surface area (Å²) in [4.78, 5) is 14.7. The van der Waals surface area contributed by atoms with Crippen LogP contribution in [-0.2, 0) is 15.1 Å². The van der Waals surface area contributed by atoms with Crippen molar-refractivity contribution in [2.24, 2.45) is 0 Å². The Hall–Kier alpha value is -1.30. The first-order chi connectivity index (χ1) is 13.0. The number of piperidine rings is 1. The lowest BCUT2D eigenvalue weighted by Gasteiger charge is -2.43. The van der Waals surface area contributed by atoms with Crippen molar-refractivity contribution in [2.75, 3.05) is 13.1 Å². The molecule has 1 spiro atoms. The highest BCUT2D eigenvalue weighted by atomic mass is 35.5. The third-order valence-corrected chi connectivity index (χ3v) is 6.60. The average Bonchev–Trinajstić information content (AvgIpc) is 3.43. The average molecular weight is 425 g/mol. The van der Waals surface area contributed by atoms with Gasteiger partial charge in [-0.1, -0.05) is 40.9 Å². The fourth-order valence-electron chi connectivity index (χ4n) is 4.14. The first kappa shape index (κ1) is 17.8. The lowest BCUT2D eigenvalue weighted by Crippen LogP contribution is -2.48. The smallest absolute Gasteiger partial charge is 0.253 e. The van der Waals surface area contributed by atoms with Gasteiger partial charge in [0.15, 0.2) is 6.29 Å². The molecule has 2 unspecified atom stereocenters. The number of halogens is 3. The van der Waals surface area contributed by atoms with Gasteiger partial charge in [-0.2, -0.15) is 0 Å². The molecule has 3 heterocycles. The Bertz CT molecular complexity index is 940. The summed E-state index contributed by atoms with van der Waals surface area (Å²) in [5, 5.41) is 1.51. The Morgan fingerprint density at radius 1 is 1.04 bits per heavy atom. The van der Waals surface area contributed by atoms with Crippen molar-refractivity contribution < 1.29 is 14.3 Å². The summed E-state index contributed by atoms with van der Waals surface area (Å²) >= 11 is 18.2. The lowest BCUT2D eigenvalue weighted by atomic mass is 9.79. The molecule has 2 fully saturated rings. The van der Waals surface area contributed by atoms with Crippen molar-refractivity contribution in [1.29, 1.82) is 0 Å². The molecule has 2 saturated heterocycles. The molecule has 0 radical (unpaired) electrons. The van der Waals surface area contributed by atoms with Crippen LogP contribution in [0.3, 0.4) is 0 Å². The van der Waals surface area contributed by atoms with Crippen molar-refractivity contribution >= 4 is 40.7 Å². The SMILES string of the molecule is O=C(c1ccc(Cl)c(Cl)c1)N1CCC2(CC1)OC1OC1c1ccc(Cl)cc12. The van der Waals surface area contributed by atoms with Gasteiger partial charge in [0.2, 0.25) is 0 Å². The van der Waals surface area contributed by atoms with Gasteiger partial charge in [-0.15, -0.1) is 0 Å². The molecule has 2 atom stereocenters. The molecule has 27 heavy (non-hydrogen) atoms. The molecule has 0 aromatic heterocycles. The fourth-order valence-corrected chi connectivity index (χ4v) is 4.61. The van der Waals surface area contributed by atoms with Crippen LogP contribution in [0.15, 0.2) is 36.4 Å². The second-order valence-corrected chi connectivity index (χ2v) is 8.44. The van der Waals surface area contributed by atoms with Crippen molar-refractivity contribution in [3.05, 3.63) is 68.2 Å². The Labute approximate surface area is 171 Å². The first-order valence-corrected chi connectivity index (χ1v) is 9.98. The van der Waals surface area contributed by atoms with E-state index < -0.39 is 5.60 Å². The van der Waals surface area contributed by atoms with Crippen LogP contribution in [0.5, 0.6) is 0 Å². The third kappa shape index (κ3) is 2.95. The number of carbonyl (C=O) groups excluding carboxylic acids is 1. The summed E-state index contributed by atoms with van der Waals surface area (Å²) < 4.78 is 11.9. The number of hydrogen-bond donors (Lipinski definition) is 0. The molecule has 3 aliphatic rings. The van der Waals surface area contributed by atoms with E-state index in [1.54, 1.807) is 18.2 Å². The lowest BCUT2D eigenvalue weighted by molar-refractivity contribution is -0.126. The molecule has 140 valence electrons. The summed E-state index contributed by atoms with van der Waals surface area (Å²) in [6, 6.07) is 10.9. The number of ether oxygens (including phenoxy) is 2. The number of carbonyl (C=O) groups is 1. The molecule has 2 aromatic rings. The molecule has 0 N–H and O–H groups in total. The summed E-state index contributed by atoms with van der Waals surface area (Å²) in [6.45, 7) is 1.17. The number of hydrogen-bond acceptors (Lipinski definition) is 3. The van der Waals surface area contributed by atoms with E-state index >= 15 is 0 Å². The zero-order valence-corrected chi connectivity index (χ0v) is 16.5. The largest absolute Gasteiger partial charge is 0.338 e. The van der Waals surface area contributed by atoms with Gasteiger partial charge in [0, 0.05) is 23.7 Å². The van der Waals surface area contributed by atoms with Gasteiger partial charge in [0.05, 0.1) is 10.0 Å². The molecular formula is C20H16Cl3NO3. The summed E-state index contributed by atoms with van der Waals surface area (Å²) in [7, 11) is 0. The minimum atomic E-state index is -0.452. The maximum absolute atomic E-state index is 12.8. The molecule has 2 aromatic carbocycles. The van der Waals surface area contributed by atoms with Crippen LogP contribution in [0.1, 0.15) is 40.4 Å². The van der Waals surface area contributed by atoms with Gasteiger partial charge in [-0.05, 0) is 54.3 Å². The number of likely N-dealkylation sites (tertiary alicyclic amines) is 1. The van der Waals surface area contributed by atoms with Crippen LogP contribution in [0, 0.1) is 0 Å². The predicted octanol–water partition coefficient (Wildman–Crippen LogP) is 5.21. The molecule has 7 heteroatoms. The van der Waals surface area contributed by atoms with Gasteiger partial charge in [0.1, 0.15) is 11.7 Å². The summed E-state index contributed by atoms with van der Waals surface area (Å²) in [5.41, 5.74) is 2.33. The van der Waals surface area contributed by atoms with Gasteiger partial charge >= 0.3 is 0 Å². The molecule has 0 bridgehead atoms. The summed E-state index contributed by atoms with van der Waals surface area (Å²) in [5.74, 6) is -0.0499. The van der Waals surface area contributed by atoms with E-state index in [4.69, 9.17) is 44.3 Å².